The van der Waals surface area contributed by atoms with E-state index >= 15 is 0 Å². The number of benzene rings is 2. The number of ether oxygens (including phenoxy) is 2. The number of hydrogen-bond donors (Lipinski definition) is 2. The molecule has 0 unspecified atom stereocenters. The maximum atomic E-state index is 12.8. The van der Waals surface area contributed by atoms with E-state index in [0.717, 1.165) is 11.1 Å². The quantitative estimate of drug-likeness (QED) is 0.338. The van der Waals surface area contributed by atoms with Crippen molar-refractivity contribution in [2.24, 2.45) is 0 Å². The number of nitro groups is 1. The highest BCUT2D eigenvalue weighted by atomic mass is 16.6. The van der Waals surface area contributed by atoms with Crippen molar-refractivity contribution in [1.29, 1.82) is 0 Å². The first-order valence-corrected chi connectivity index (χ1v) is 10.3. The lowest BCUT2D eigenvalue weighted by Gasteiger charge is -2.22. The van der Waals surface area contributed by atoms with E-state index in [9.17, 15) is 19.7 Å². The third-order valence-corrected chi connectivity index (χ3v) is 4.75. The Labute approximate surface area is 187 Å². The minimum Gasteiger partial charge on any atom is -0.496 e. The van der Waals surface area contributed by atoms with Crippen LogP contribution in [0.15, 0.2) is 42.5 Å². The first kappa shape index (κ1) is 24.6. The number of urea groups is 1. The molecule has 2 atom stereocenters. The summed E-state index contributed by atoms with van der Waals surface area (Å²) in [6, 6.07) is 9.66. The Balaban J connectivity index is 2.25. The average Bonchev–Trinajstić information content (AvgIpc) is 2.72. The molecule has 0 aliphatic heterocycles. The fourth-order valence-electron chi connectivity index (χ4n) is 3.33. The highest BCUT2D eigenvalue weighted by Crippen LogP contribution is 2.29. The van der Waals surface area contributed by atoms with Crippen LogP contribution in [0.25, 0.3) is 0 Å². The normalized spacial score (nSPS) is 12.6. The standard InChI is InChI=1S/C23H29N3O6/c1-14(2)32-22(27)13-19(17-8-6-7-9-20(17)26(29)30)25-23(28)24-16(4)18-12-15(3)10-11-21(18)31-5/h6-12,14,16,19H,13H2,1-5H3,(H2,24,25,28)/t16-,19+/m1/s1. The van der Waals surface area contributed by atoms with Crippen molar-refractivity contribution in [3.63, 3.8) is 0 Å². The summed E-state index contributed by atoms with van der Waals surface area (Å²) in [5, 5.41) is 17.0. The topological polar surface area (TPSA) is 120 Å². The molecule has 0 aliphatic carbocycles. The minimum atomic E-state index is -0.950. The van der Waals surface area contributed by atoms with Gasteiger partial charge in [0.2, 0.25) is 0 Å². The van der Waals surface area contributed by atoms with Crippen molar-refractivity contribution in [3.8, 4) is 5.75 Å². The number of carbonyl (C=O) groups excluding carboxylic acids is 2. The van der Waals surface area contributed by atoms with E-state index in [1.807, 2.05) is 25.1 Å². The fraction of sp³-hybridized carbons (Fsp3) is 0.391. The van der Waals surface area contributed by atoms with Gasteiger partial charge in [-0.25, -0.2) is 4.79 Å². The molecule has 0 bridgehead atoms. The van der Waals surface area contributed by atoms with Gasteiger partial charge in [0.05, 0.1) is 42.2 Å². The van der Waals surface area contributed by atoms with E-state index in [-0.39, 0.29) is 23.8 Å². The Kier molecular flexibility index (Phi) is 8.57. The predicted octanol–water partition coefficient (Wildman–Crippen LogP) is 4.36. The number of rotatable bonds is 9. The highest BCUT2D eigenvalue weighted by Gasteiger charge is 2.27. The van der Waals surface area contributed by atoms with Crippen LogP contribution in [0, 0.1) is 17.0 Å². The number of methoxy groups -OCH3 is 1. The van der Waals surface area contributed by atoms with Crippen LogP contribution in [0.5, 0.6) is 5.75 Å². The predicted molar refractivity (Wildman–Crippen MR) is 119 cm³/mol. The number of para-hydroxylation sites is 1. The third-order valence-electron chi connectivity index (χ3n) is 4.75. The zero-order chi connectivity index (χ0) is 23.8. The molecule has 32 heavy (non-hydrogen) atoms. The van der Waals surface area contributed by atoms with Crippen molar-refractivity contribution >= 4 is 17.7 Å². The summed E-state index contributed by atoms with van der Waals surface area (Å²) in [5.74, 6) is 0.0519. The van der Waals surface area contributed by atoms with Crippen LogP contribution in [0.4, 0.5) is 10.5 Å². The number of carbonyl (C=O) groups is 2. The van der Waals surface area contributed by atoms with Crippen LogP contribution in [-0.2, 0) is 9.53 Å². The molecule has 172 valence electrons. The molecule has 0 spiro atoms. The SMILES string of the molecule is COc1ccc(C)cc1[C@@H](C)NC(=O)N[C@@H](CC(=O)OC(C)C)c1ccccc1[N+](=O)[O-]. The van der Waals surface area contributed by atoms with Crippen molar-refractivity contribution < 1.29 is 24.0 Å². The van der Waals surface area contributed by atoms with E-state index < -0.39 is 29.0 Å². The minimum absolute atomic E-state index is 0.191. The van der Waals surface area contributed by atoms with Crippen molar-refractivity contribution in [3.05, 3.63) is 69.3 Å². The lowest BCUT2D eigenvalue weighted by atomic mass is 10.0. The van der Waals surface area contributed by atoms with E-state index in [1.165, 1.54) is 18.2 Å². The zero-order valence-electron chi connectivity index (χ0n) is 18.9. The van der Waals surface area contributed by atoms with Gasteiger partial charge in [-0.05, 0) is 33.8 Å². The van der Waals surface area contributed by atoms with E-state index in [4.69, 9.17) is 9.47 Å². The molecular weight excluding hydrogens is 414 g/mol. The molecule has 0 saturated heterocycles. The summed E-state index contributed by atoms with van der Waals surface area (Å²) in [4.78, 5) is 36.0. The average molecular weight is 444 g/mol. The number of hydrogen-bond acceptors (Lipinski definition) is 6. The molecule has 9 nitrogen and oxygen atoms in total. The van der Waals surface area contributed by atoms with Crippen LogP contribution in [0.1, 0.15) is 56.0 Å². The molecule has 0 aromatic heterocycles. The Morgan fingerprint density at radius 1 is 1.06 bits per heavy atom. The monoisotopic (exact) mass is 443 g/mol. The first-order valence-electron chi connectivity index (χ1n) is 10.3. The maximum absolute atomic E-state index is 12.8. The molecule has 0 aliphatic rings. The molecule has 9 heteroatoms. The highest BCUT2D eigenvalue weighted by molar-refractivity contribution is 5.77. The van der Waals surface area contributed by atoms with Gasteiger partial charge in [-0.2, -0.15) is 0 Å². The van der Waals surface area contributed by atoms with Gasteiger partial charge in [0, 0.05) is 11.6 Å². The van der Waals surface area contributed by atoms with Gasteiger partial charge in [0.15, 0.2) is 0 Å². The third kappa shape index (κ3) is 6.69. The summed E-state index contributed by atoms with van der Waals surface area (Å²) in [6.45, 7) is 7.13. The summed E-state index contributed by atoms with van der Waals surface area (Å²) in [5.41, 5.74) is 1.81. The van der Waals surface area contributed by atoms with Crippen molar-refractivity contribution in [2.45, 2.75) is 52.3 Å². The molecule has 2 aromatic rings. The van der Waals surface area contributed by atoms with Gasteiger partial charge in [-0.3, -0.25) is 14.9 Å². The van der Waals surface area contributed by atoms with E-state index in [0.29, 0.717) is 5.75 Å². The van der Waals surface area contributed by atoms with Gasteiger partial charge < -0.3 is 20.1 Å². The maximum Gasteiger partial charge on any atom is 0.315 e. The molecule has 2 rings (SSSR count). The molecule has 2 aromatic carbocycles. The number of nitrogens with one attached hydrogen (secondary N) is 2. The van der Waals surface area contributed by atoms with Gasteiger partial charge in [0.1, 0.15) is 5.75 Å². The number of nitro benzene ring substituents is 1. The summed E-state index contributed by atoms with van der Waals surface area (Å²) < 4.78 is 10.6. The van der Waals surface area contributed by atoms with Crippen LogP contribution < -0.4 is 15.4 Å². The molecule has 0 fully saturated rings. The Bertz CT molecular complexity index is 976. The van der Waals surface area contributed by atoms with Gasteiger partial charge in [-0.1, -0.05) is 35.9 Å². The molecular formula is C23H29N3O6. The second-order valence-electron chi connectivity index (χ2n) is 7.70. The molecule has 2 N–H and O–H groups in total. The van der Waals surface area contributed by atoms with Gasteiger partial charge >= 0.3 is 12.0 Å². The van der Waals surface area contributed by atoms with Crippen LogP contribution in [-0.4, -0.2) is 30.1 Å². The second-order valence-corrected chi connectivity index (χ2v) is 7.70. The molecule has 2 amide bonds. The molecule has 0 heterocycles. The molecule has 0 radical (unpaired) electrons. The van der Waals surface area contributed by atoms with Gasteiger partial charge in [0.25, 0.3) is 5.69 Å². The van der Waals surface area contributed by atoms with E-state index in [1.54, 1.807) is 33.9 Å². The Morgan fingerprint density at radius 3 is 2.38 bits per heavy atom. The van der Waals surface area contributed by atoms with Crippen LogP contribution in [0.3, 0.4) is 0 Å². The van der Waals surface area contributed by atoms with Gasteiger partial charge in [-0.15, -0.1) is 0 Å². The lowest BCUT2D eigenvalue weighted by Crippen LogP contribution is -2.40. The Hall–Kier alpha value is -3.62. The summed E-state index contributed by atoms with van der Waals surface area (Å²) in [7, 11) is 1.55. The fourth-order valence-corrected chi connectivity index (χ4v) is 3.33. The van der Waals surface area contributed by atoms with Crippen molar-refractivity contribution in [2.75, 3.05) is 7.11 Å². The molecule has 0 saturated carbocycles. The largest absolute Gasteiger partial charge is 0.496 e. The van der Waals surface area contributed by atoms with Crippen molar-refractivity contribution in [1.82, 2.24) is 10.6 Å². The van der Waals surface area contributed by atoms with Crippen LogP contribution in [0.2, 0.25) is 0 Å². The second kappa shape index (κ2) is 11.1. The summed E-state index contributed by atoms with van der Waals surface area (Å²) >= 11 is 0. The number of amides is 2. The first-order chi connectivity index (χ1) is 15.1. The number of esters is 1. The number of aryl methyl sites for hydroxylation is 1. The smallest absolute Gasteiger partial charge is 0.315 e. The Morgan fingerprint density at radius 2 is 1.75 bits per heavy atom. The van der Waals surface area contributed by atoms with E-state index in [2.05, 4.69) is 10.6 Å². The van der Waals surface area contributed by atoms with Crippen LogP contribution >= 0.6 is 0 Å². The lowest BCUT2D eigenvalue weighted by molar-refractivity contribution is -0.385. The number of nitrogens with zero attached hydrogens (tertiary/aromatic N) is 1. The summed E-state index contributed by atoms with van der Waals surface area (Å²) in [6.07, 6.45) is -0.602. The zero-order valence-corrected chi connectivity index (χ0v) is 18.9.